The van der Waals surface area contributed by atoms with Crippen molar-refractivity contribution in [3.8, 4) is 0 Å². The molecule has 0 radical (unpaired) electrons. The molecule has 0 aliphatic heterocycles. The van der Waals surface area contributed by atoms with Crippen molar-refractivity contribution in [1.82, 2.24) is 6.15 Å². The Bertz CT molecular complexity index is 60.6. The van der Waals surface area contributed by atoms with Crippen LogP contribution in [0.25, 0.3) is 0 Å². The maximum Gasteiger partial charge on any atom is 0.150 e. The molecule has 0 amide bonds. The lowest BCUT2D eigenvalue weighted by atomic mass is 10.4. The van der Waals surface area contributed by atoms with E-state index in [1.165, 1.54) is 18.9 Å². The highest BCUT2D eigenvalue weighted by molar-refractivity contribution is 7.19. The zero-order valence-corrected chi connectivity index (χ0v) is 8.46. The Kier molecular flexibility index (Phi) is 7.12. The van der Waals surface area contributed by atoms with E-state index in [2.05, 4.69) is 20.0 Å². The lowest BCUT2D eigenvalue weighted by molar-refractivity contribution is 0.873. The molecule has 0 spiro atoms. The minimum absolute atomic E-state index is 0. The average molecular weight is 168 g/mol. The lowest BCUT2D eigenvalue weighted by Crippen LogP contribution is -2.14. The summed E-state index contributed by atoms with van der Waals surface area (Å²) < 4.78 is 0. The van der Waals surface area contributed by atoms with Crippen LogP contribution in [0.3, 0.4) is 0 Å². The van der Waals surface area contributed by atoms with Crippen molar-refractivity contribution in [2.75, 3.05) is 0 Å². The normalized spacial score (nSPS) is 10.7. The smallest absolute Gasteiger partial charge is 0.150 e. The number of unbranched alkanes of at least 4 members (excludes halogenated alkanes) is 1. The third-order valence-corrected chi connectivity index (χ3v) is 3.23. The van der Waals surface area contributed by atoms with Gasteiger partial charge in [-0.15, -0.1) is 0 Å². The Morgan fingerprint density at radius 3 is 1.89 bits per heavy atom. The molecule has 0 aromatic rings. The minimum Gasteiger partial charge on any atom is -0.344 e. The summed E-state index contributed by atoms with van der Waals surface area (Å²) in [5, 5.41) is 0. The molecule has 0 aliphatic carbocycles. The molecule has 0 saturated heterocycles. The van der Waals surface area contributed by atoms with Gasteiger partial charge in [-0.05, 0) is 6.04 Å². The van der Waals surface area contributed by atoms with Crippen molar-refractivity contribution >= 4 is 18.5 Å². The summed E-state index contributed by atoms with van der Waals surface area (Å²) in [5.74, 6) is 0. The second kappa shape index (κ2) is 5.27. The third kappa shape index (κ3) is 11.8. The molecule has 3 heteroatoms. The SMILES string of the molecule is CCCC[Si](C)(C)Cl.N. The summed E-state index contributed by atoms with van der Waals surface area (Å²) in [7, 11) is -1.21. The average Bonchev–Trinajstić information content (AvgIpc) is 1.59. The molecule has 0 bridgehead atoms. The Hall–Kier alpha value is 0.467. The van der Waals surface area contributed by atoms with Gasteiger partial charge in [0.1, 0.15) is 7.38 Å². The summed E-state index contributed by atoms with van der Waals surface area (Å²) in [6, 6.07) is 1.27. The number of halogens is 1. The second-order valence-electron chi connectivity index (χ2n) is 2.82. The third-order valence-electron chi connectivity index (χ3n) is 1.12. The fourth-order valence-electron chi connectivity index (χ4n) is 0.597. The molecule has 0 rings (SSSR count). The molecular formula is C6H18ClNSi. The van der Waals surface area contributed by atoms with E-state index in [-0.39, 0.29) is 6.15 Å². The topological polar surface area (TPSA) is 35.0 Å². The van der Waals surface area contributed by atoms with Gasteiger partial charge in [0.2, 0.25) is 0 Å². The zero-order chi connectivity index (χ0) is 6.62. The molecule has 0 aromatic carbocycles. The van der Waals surface area contributed by atoms with Crippen molar-refractivity contribution in [3.63, 3.8) is 0 Å². The summed E-state index contributed by atoms with van der Waals surface area (Å²) in [5.41, 5.74) is 0. The monoisotopic (exact) mass is 167 g/mol. The minimum atomic E-state index is -1.21. The van der Waals surface area contributed by atoms with E-state index >= 15 is 0 Å². The molecule has 0 aromatic heterocycles. The van der Waals surface area contributed by atoms with Gasteiger partial charge in [0.25, 0.3) is 0 Å². The quantitative estimate of drug-likeness (QED) is 0.508. The highest BCUT2D eigenvalue weighted by atomic mass is 35.6. The van der Waals surface area contributed by atoms with Gasteiger partial charge in [-0.3, -0.25) is 0 Å². The van der Waals surface area contributed by atoms with E-state index in [1.54, 1.807) is 0 Å². The molecule has 1 nitrogen and oxygen atoms in total. The molecule has 9 heavy (non-hydrogen) atoms. The molecule has 0 saturated carbocycles. The van der Waals surface area contributed by atoms with Crippen LogP contribution >= 0.6 is 11.1 Å². The molecule has 3 N–H and O–H groups in total. The summed E-state index contributed by atoms with van der Waals surface area (Å²) >= 11 is 6.05. The van der Waals surface area contributed by atoms with Crippen molar-refractivity contribution in [2.45, 2.75) is 38.9 Å². The Morgan fingerprint density at radius 1 is 1.33 bits per heavy atom. The van der Waals surface area contributed by atoms with Crippen molar-refractivity contribution < 1.29 is 0 Å². The van der Waals surface area contributed by atoms with Crippen LogP contribution in [0.15, 0.2) is 0 Å². The van der Waals surface area contributed by atoms with Gasteiger partial charge in [-0.1, -0.05) is 32.9 Å². The molecule has 0 fully saturated rings. The van der Waals surface area contributed by atoms with E-state index in [4.69, 9.17) is 11.1 Å². The van der Waals surface area contributed by atoms with Crippen LogP contribution in [0, 0.1) is 0 Å². The first-order valence-corrected chi connectivity index (χ1v) is 7.47. The summed E-state index contributed by atoms with van der Waals surface area (Å²) in [4.78, 5) is 0. The largest absolute Gasteiger partial charge is 0.344 e. The zero-order valence-electron chi connectivity index (χ0n) is 6.71. The molecule has 0 atom stereocenters. The van der Waals surface area contributed by atoms with Gasteiger partial charge in [-0.25, -0.2) is 0 Å². The fraction of sp³-hybridized carbons (Fsp3) is 1.00. The van der Waals surface area contributed by atoms with Gasteiger partial charge >= 0.3 is 0 Å². The van der Waals surface area contributed by atoms with Gasteiger partial charge in [-0.2, -0.15) is 11.1 Å². The maximum absolute atomic E-state index is 6.05. The maximum atomic E-state index is 6.05. The first-order valence-electron chi connectivity index (χ1n) is 3.25. The standard InChI is InChI=1S/C6H15ClSi.H3N/c1-4-5-6-8(2,3)7;/h4-6H2,1-3H3;1H3. The Morgan fingerprint density at radius 2 is 1.78 bits per heavy atom. The van der Waals surface area contributed by atoms with E-state index in [0.717, 1.165) is 0 Å². The van der Waals surface area contributed by atoms with Crippen molar-refractivity contribution in [3.05, 3.63) is 0 Å². The van der Waals surface area contributed by atoms with Gasteiger partial charge in [0.15, 0.2) is 0 Å². The molecular weight excluding hydrogens is 150 g/mol. The van der Waals surface area contributed by atoms with Gasteiger partial charge in [0.05, 0.1) is 0 Å². The summed E-state index contributed by atoms with van der Waals surface area (Å²) in [6.07, 6.45) is 2.59. The van der Waals surface area contributed by atoms with Crippen LogP contribution < -0.4 is 6.15 Å². The van der Waals surface area contributed by atoms with Crippen LogP contribution in [0.1, 0.15) is 19.8 Å². The highest BCUT2D eigenvalue weighted by Gasteiger charge is 2.14. The van der Waals surface area contributed by atoms with E-state index in [0.29, 0.717) is 0 Å². The Labute approximate surface area is 64.1 Å². The molecule has 58 valence electrons. The van der Waals surface area contributed by atoms with Crippen molar-refractivity contribution in [1.29, 1.82) is 0 Å². The van der Waals surface area contributed by atoms with Crippen LogP contribution in [0.5, 0.6) is 0 Å². The van der Waals surface area contributed by atoms with Crippen LogP contribution in [0.2, 0.25) is 19.1 Å². The van der Waals surface area contributed by atoms with Crippen LogP contribution in [-0.4, -0.2) is 7.38 Å². The fourth-order valence-corrected chi connectivity index (χ4v) is 2.19. The van der Waals surface area contributed by atoms with Gasteiger partial charge in [0, 0.05) is 0 Å². The predicted molar refractivity (Wildman–Crippen MR) is 48.1 cm³/mol. The molecule has 0 heterocycles. The molecule has 0 unspecified atom stereocenters. The Balaban J connectivity index is 0. The number of hydrogen-bond acceptors (Lipinski definition) is 1. The van der Waals surface area contributed by atoms with Crippen LogP contribution in [0.4, 0.5) is 0 Å². The van der Waals surface area contributed by atoms with Crippen molar-refractivity contribution in [2.24, 2.45) is 0 Å². The van der Waals surface area contributed by atoms with E-state index in [9.17, 15) is 0 Å². The molecule has 0 aliphatic rings. The van der Waals surface area contributed by atoms with Crippen LogP contribution in [-0.2, 0) is 0 Å². The highest BCUT2D eigenvalue weighted by Crippen LogP contribution is 2.16. The second-order valence-corrected chi connectivity index (χ2v) is 9.83. The first kappa shape index (κ1) is 12.2. The van der Waals surface area contributed by atoms with Gasteiger partial charge < -0.3 is 6.15 Å². The number of rotatable bonds is 3. The van der Waals surface area contributed by atoms with E-state index in [1.807, 2.05) is 0 Å². The number of hydrogen-bond donors (Lipinski definition) is 1. The van der Waals surface area contributed by atoms with E-state index < -0.39 is 7.38 Å². The lowest BCUT2D eigenvalue weighted by Gasteiger charge is -2.10. The summed E-state index contributed by atoms with van der Waals surface area (Å²) in [6.45, 7) is 6.60. The predicted octanol–water partition coefficient (Wildman–Crippen LogP) is 3.39. The first-order chi connectivity index (χ1) is 3.56.